The van der Waals surface area contributed by atoms with Crippen molar-refractivity contribution in [2.45, 2.75) is 26.2 Å². The van der Waals surface area contributed by atoms with E-state index in [1.54, 1.807) is 0 Å². The fourth-order valence-corrected chi connectivity index (χ4v) is 2.46. The van der Waals surface area contributed by atoms with Crippen molar-refractivity contribution in [2.24, 2.45) is 0 Å². The zero-order chi connectivity index (χ0) is 13.0. The SMILES string of the molecule is Cc1cc(NC(=O)CCN2CCCC2)ccc1Br.Cl. The Morgan fingerprint density at radius 2 is 2.05 bits per heavy atom. The van der Waals surface area contributed by atoms with Crippen LogP contribution in [0.3, 0.4) is 0 Å². The second-order valence-electron chi connectivity index (χ2n) is 4.81. The summed E-state index contributed by atoms with van der Waals surface area (Å²) < 4.78 is 1.07. The van der Waals surface area contributed by atoms with Crippen LogP contribution in [0.4, 0.5) is 5.69 Å². The Kier molecular flexibility index (Phi) is 6.83. The van der Waals surface area contributed by atoms with Crippen molar-refractivity contribution in [1.82, 2.24) is 4.90 Å². The van der Waals surface area contributed by atoms with Crippen molar-refractivity contribution < 1.29 is 4.79 Å². The number of nitrogens with zero attached hydrogens (tertiary/aromatic N) is 1. The number of hydrogen-bond acceptors (Lipinski definition) is 2. The molecule has 5 heteroatoms. The Bertz CT molecular complexity index is 433. The zero-order valence-electron chi connectivity index (χ0n) is 11.1. The van der Waals surface area contributed by atoms with Gasteiger partial charge in [-0.1, -0.05) is 15.9 Å². The van der Waals surface area contributed by atoms with Gasteiger partial charge in [0.2, 0.25) is 5.91 Å². The van der Waals surface area contributed by atoms with Crippen LogP contribution in [0.15, 0.2) is 22.7 Å². The lowest BCUT2D eigenvalue weighted by Crippen LogP contribution is -2.25. The molecule has 1 aromatic rings. The van der Waals surface area contributed by atoms with Gasteiger partial charge in [0.1, 0.15) is 0 Å². The molecule has 0 bridgehead atoms. The molecule has 1 amide bonds. The molecule has 1 aliphatic heterocycles. The summed E-state index contributed by atoms with van der Waals surface area (Å²) >= 11 is 3.45. The van der Waals surface area contributed by atoms with E-state index in [0.717, 1.165) is 35.4 Å². The predicted octanol–water partition coefficient (Wildman–Crippen LogP) is 3.60. The molecule has 2 rings (SSSR count). The van der Waals surface area contributed by atoms with Crippen LogP contribution < -0.4 is 5.32 Å². The van der Waals surface area contributed by atoms with Crippen LogP contribution in [0.25, 0.3) is 0 Å². The highest BCUT2D eigenvalue weighted by Gasteiger charge is 2.12. The second kappa shape index (κ2) is 7.88. The third-order valence-electron chi connectivity index (χ3n) is 3.30. The first kappa shape index (κ1) is 16.5. The summed E-state index contributed by atoms with van der Waals surface area (Å²) in [7, 11) is 0. The maximum absolute atomic E-state index is 11.8. The number of rotatable bonds is 4. The molecule has 1 heterocycles. The van der Waals surface area contributed by atoms with Gasteiger partial charge in [-0.25, -0.2) is 0 Å². The van der Waals surface area contributed by atoms with Crippen LogP contribution in [0.5, 0.6) is 0 Å². The fraction of sp³-hybridized carbons (Fsp3) is 0.500. The number of carbonyl (C=O) groups excluding carboxylic acids is 1. The van der Waals surface area contributed by atoms with Gasteiger partial charge in [-0.15, -0.1) is 12.4 Å². The van der Waals surface area contributed by atoms with Crippen molar-refractivity contribution in [2.75, 3.05) is 25.0 Å². The predicted molar refractivity (Wildman–Crippen MR) is 85.0 cm³/mol. The van der Waals surface area contributed by atoms with E-state index in [1.165, 1.54) is 12.8 Å². The first-order valence-corrected chi connectivity index (χ1v) is 7.23. The molecular weight excluding hydrogens is 328 g/mol. The number of nitrogens with one attached hydrogen (secondary N) is 1. The Morgan fingerprint density at radius 3 is 2.68 bits per heavy atom. The van der Waals surface area contributed by atoms with Crippen LogP contribution in [-0.2, 0) is 4.79 Å². The zero-order valence-corrected chi connectivity index (χ0v) is 13.5. The third kappa shape index (κ3) is 5.13. The van der Waals surface area contributed by atoms with Gasteiger partial charge in [0.15, 0.2) is 0 Å². The van der Waals surface area contributed by atoms with E-state index in [-0.39, 0.29) is 18.3 Å². The first-order valence-electron chi connectivity index (χ1n) is 6.43. The number of anilines is 1. The molecule has 0 unspecified atom stereocenters. The van der Waals surface area contributed by atoms with Gasteiger partial charge < -0.3 is 10.2 Å². The highest BCUT2D eigenvalue weighted by atomic mass is 79.9. The molecule has 1 saturated heterocycles. The number of halogens is 2. The summed E-state index contributed by atoms with van der Waals surface area (Å²) in [6, 6.07) is 5.87. The Morgan fingerprint density at radius 1 is 1.37 bits per heavy atom. The molecule has 0 atom stereocenters. The van der Waals surface area contributed by atoms with E-state index in [4.69, 9.17) is 0 Å². The normalized spacial score (nSPS) is 15.1. The van der Waals surface area contributed by atoms with Gasteiger partial charge in [-0.3, -0.25) is 4.79 Å². The highest BCUT2D eigenvalue weighted by molar-refractivity contribution is 9.10. The van der Waals surface area contributed by atoms with E-state index in [9.17, 15) is 4.79 Å². The van der Waals surface area contributed by atoms with Crippen molar-refractivity contribution in [3.8, 4) is 0 Å². The lowest BCUT2D eigenvalue weighted by atomic mass is 10.2. The second-order valence-corrected chi connectivity index (χ2v) is 5.67. The standard InChI is InChI=1S/C14H19BrN2O.ClH/c1-11-10-12(4-5-13(11)15)16-14(18)6-9-17-7-2-3-8-17;/h4-5,10H,2-3,6-9H2,1H3,(H,16,18);1H. The number of amides is 1. The minimum atomic E-state index is 0. The number of carbonyl (C=O) groups is 1. The fourth-order valence-electron chi connectivity index (χ4n) is 2.21. The molecule has 0 aliphatic carbocycles. The van der Waals surface area contributed by atoms with E-state index in [2.05, 4.69) is 26.1 Å². The van der Waals surface area contributed by atoms with Gasteiger partial charge in [0.05, 0.1) is 0 Å². The quantitative estimate of drug-likeness (QED) is 0.902. The number of aryl methyl sites for hydroxylation is 1. The molecule has 0 radical (unpaired) electrons. The minimum Gasteiger partial charge on any atom is -0.326 e. The lowest BCUT2D eigenvalue weighted by molar-refractivity contribution is -0.116. The summed E-state index contributed by atoms with van der Waals surface area (Å²) in [5.41, 5.74) is 2.01. The van der Waals surface area contributed by atoms with Crippen molar-refractivity contribution in [3.63, 3.8) is 0 Å². The van der Waals surface area contributed by atoms with Gasteiger partial charge in [-0.05, 0) is 56.6 Å². The van der Waals surface area contributed by atoms with E-state index in [0.29, 0.717) is 6.42 Å². The summed E-state index contributed by atoms with van der Waals surface area (Å²) in [6.07, 6.45) is 3.12. The van der Waals surface area contributed by atoms with Crippen LogP contribution in [0, 0.1) is 6.92 Å². The Labute approximate surface area is 129 Å². The first-order chi connectivity index (χ1) is 8.65. The average Bonchev–Trinajstić information content (AvgIpc) is 2.84. The summed E-state index contributed by atoms with van der Waals surface area (Å²) in [4.78, 5) is 14.2. The van der Waals surface area contributed by atoms with Crippen molar-refractivity contribution in [1.29, 1.82) is 0 Å². The maximum atomic E-state index is 11.8. The molecule has 1 N–H and O–H groups in total. The molecular formula is C14H20BrClN2O. The van der Waals surface area contributed by atoms with Crippen molar-refractivity contribution in [3.05, 3.63) is 28.2 Å². The van der Waals surface area contributed by atoms with Crippen LogP contribution in [-0.4, -0.2) is 30.4 Å². The maximum Gasteiger partial charge on any atom is 0.225 e. The van der Waals surface area contributed by atoms with Gasteiger partial charge in [0, 0.05) is 23.1 Å². The van der Waals surface area contributed by atoms with E-state index < -0.39 is 0 Å². The van der Waals surface area contributed by atoms with Crippen LogP contribution >= 0.6 is 28.3 Å². The Hall–Kier alpha value is -0.580. The van der Waals surface area contributed by atoms with Crippen LogP contribution in [0.2, 0.25) is 0 Å². The van der Waals surface area contributed by atoms with Crippen LogP contribution in [0.1, 0.15) is 24.8 Å². The molecule has 1 fully saturated rings. The molecule has 3 nitrogen and oxygen atoms in total. The van der Waals surface area contributed by atoms with E-state index in [1.807, 2.05) is 25.1 Å². The molecule has 1 aromatic carbocycles. The van der Waals surface area contributed by atoms with Gasteiger partial charge in [0.25, 0.3) is 0 Å². The number of hydrogen-bond donors (Lipinski definition) is 1. The smallest absolute Gasteiger partial charge is 0.225 e. The van der Waals surface area contributed by atoms with Gasteiger partial charge >= 0.3 is 0 Å². The van der Waals surface area contributed by atoms with Crippen molar-refractivity contribution >= 4 is 39.9 Å². The molecule has 0 saturated carbocycles. The average molecular weight is 348 g/mol. The molecule has 0 spiro atoms. The summed E-state index contributed by atoms with van der Waals surface area (Å²) in [5, 5.41) is 2.95. The molecule has 1 aliphatic rings. The summed E-state index contributed by atoms with van der Waals surface area (Å²) in [5.74, 6) is 0.101. The minimum absolute atomic E-state index is 0. The highest BCUT2D eigenvalue weighted by Crippen LogP contribution is 2.20. The number of benzene rings is 1. The summed E-state index contributed by atoms with van der Waals surface area (Å²) in [6.45, 7) is 5.18. The molecule has 19 heavy (non-hydrogen) atoms. The molecule has 0 aromatic heterocycles. The van der Waals surface area contributed by atoms with E-state index >= 15 is 0 Å². The van der Waals surface area contributed by atoms with Gasteiger partial charge in [-0.2, -0.15) is 0 Å². The topological polar surface area (TPSA) is 32.3 Å². The largest absolute Gasteiger partial charge is 0.326 e. The molecule has 106 valence electrons. The monoisotopic (exact) mass is 346 g/mol. The Balaban J connectivity index is 0.00000180. The third-order valence-corrected chi connectivity index (χ3v) is 4.19. The number of likely N-dealkylation sites (tertiary alicyclic amines) is 1. The lowest BCUT2D eigenvalue weighted by Gasteiger charge is -2.14.